The molecule has 2 N–H and O–H groups in total. The van der Waals surface area contributed by atoms with Crippen molar-refractivity contribution in [1.29, 1.82) is 0 Å². The van der Waals surface area contributed by atoms with E-state index in [4.69, 9.17) is 14.2 Å². The van der Waals surface area contributed by atoms with Gasteiger partial charge in [-0.2, -0.15) is 5.10 Å². The fourth-order valence-electron chi connectivity index (χ4n) is 2.72. The van der Waals surface area contributed by atoms with Crippen molar-refractivity contribution in [1.82, 2.24) is 5.43 Å². The van der Waals surface area contributed by atoms with Crippen LogP contribution in [0.4, 0.5) is 0 Å². The number of benzene rings is 3. The Morgan fingerprint density at radius 2 is 1.68 bits per heavy atom. The van der Waals surface area contributed by atoms with Gasteiger partial charge in [0.15, 0.2) is 11.5 Å². The van der Waals surface area contributed by atoms with Gasteiger partial charge in [0.2, 0.25) is 0 Å². The Morgan fingerprint density at radius 1 is 1.00 bits per heavy atom. The lowest BCUT2D eigenvalue weighted by molar-refractivity contribution is 0.0955. The minimum absolute atomic E-state index is 0.0373. The topological polar surface area (TPSA) is 89.4 Å². The molecule has 7 nitrogen and oxygen atoms in total. The van der Waals surface area contributed by atoms with Crippen molar-refractivity contribution in [2.24, 2.45) is 5.10 Å². The first-order valence-corrected chi connectivity index (χ1v) is 9.74. The van der Waals surface area contributed by atoms with Crippen LogP contribution in [0, 0.1) is 0 Å². The monoisotopic (exact) mass is 420 g/mol. The number of nitrogens with one attached hydrogen (secondary N) is 1. The summed E-state index contributed by atoms with van der Waals surface area (Å²) in [5.41, 5.74) is 4.57. The van der Waals surface area contributed by atoms with Gasteiger partial charge < -0.3 is 19.3 Å². The standard InChI is InChI=1S/C24H24N2O5/c1-3-30-20-9-11-21(12-10-20)31-16-17-4-7-19(8-5-17)24(28)26-25-15-18-6-13-22(27)23(14-18)29-2/h4-15,27H,3,16H2,1-2H3,(H,26,28)/b25-15+. The maximum Gasteiger partial charge on any atom is 0.271 e. The van der Waals surface area contributed by atoms with Gasteiger partial charge in [-0.3, -0.25) is 4.79 Å². The number of hydrogen-bond donors (Lipinski definition) is 2. The van der Waals surface area contributed by atoms with Crippen molar-refractivity contribution in [3.05, 3.63) is 83.4 Å². The van der Waals surface area contributed by atoms with Crippen LogP contribution >= 0.6 is 0 Å². The van der Waals surface area contributed by atoms with Crippen molar-refractivity contribution >= 4 is 12.1 Å². The summed E-state index contributed by atoms with van der Waals surface area (Å²) in [4.78, 5) is 12.3. The Kier molecular flexibility index (Phi) is 7.48. The van der Waals surface area contributed by atoms with Gasteiger partial charge in [0.25, 0.3) is 5.91 Å². The summed E-state index contributed by atoms with van der Waals surface area (Å²) in [6.45, 7) is 2.95. The van der Waals surface area contributed by atoms with Gasteiger partial charge in [-0.25, -0.2) is 5.43 Å². The molecular weight excluding hydrogens is 396 g/mol. The molecule has 160 valence electrons. The lowest BCUT2D eigenvalue weighted by atomic mass is 10.1. The summed E-state index contributed by atoms with van der Waals surface area (Å²) in [5, 5.41) is 13.5. The fourth-order valence-corrected chi connectivity index (χ4v) is 2.72. The van der Waals surface area contributed by atoms with E-state index < -0.39 is 0 Å². The van der Waals surface area contributed by atoms with E-state index in [1.54, 1.807) is 24.3 Å². The largest absolute Gasteiger partial charge is 0.504 e. The molecule has 0 bridgehead atoms. The van der Waals surface area contributed by atoms with Crippen LogP contribution in [-0.2, 0) is 6.61 Å². The SMILES string of the molecule is CCOc1ccc(OCc2ccc(C(=O)N/N=C/c3ccc(O)c(OC)c3)cc2)cc1. The lowest BCUT2D eigenvalue weighted by Crippen LogP contribution is -2.17. The van der Waals surface area contributed by atoms with Crippen molar-refractivity contribution in [2.75, 3.05) is 13.7 Å². The van der Waals surface area contributed by atoms with E-state index in [2.05, 4.69) is 10.5 Å². The molecule has 31 heavy (non-hydrogen) atoms. The molecule has 0 aliphatic heterocycles. The Labute approximate surface area is 180 Å². The number of phenolic OH excluding ortho intramolecular Hbond substituents is 1. The molecule has 0 aliphatic rings. The molecule has 0 aromatic heterocycles. The smallest absolute Gasteiger partial charge is 0.271 e. The molecule has 0 unspecified atom stereocenters. The molecule has 0 atom stereocenters. The first-order valence-electron chi connectivity index (χ1n) is 9.74. The van der Waals surface area contributed by atoms with Crippen molar-refractivity contribution in [3.63, 3.8) is 0 Å². The molecule has 3 aromatic rings. The van der Waals surface area contributed by atoms with Gasteiger partial charge in [-0.1, -0.05) is 12.1 Å². The van der Waals surface area contributed by atoms with Crippen LogP contribution in [0.15, 0.2) is 71.8 Å². The highest BCUT2D eigenvalue weighted by Crippen LogP contribution is 2.25. The molecule has 3 rings (SSSR count). The van der Waals surface area contributed by atoms with Gasteiger partial charge in [0, 0.05) is 5.56 Å². The zero-order valence-electron chi connectivity index (χ0n) is 17.4. The highest BCUT2D eigenvalue weighted by molar-refractivity contribution is 5.94. The molecular formula is C24H24N2O5. The van der Waals surface area contributed by atoms with Gasteiger partial charge in [0.05, 0.1) is 19.9 Å². The van der Waals surface area contributed by atoms with E-state index in [9.17, 15) is 9.90 Å². The van der Waals surface area contributed by atoms with Gasteiger partial charge >= 0.3 is 0 Å². The van der Waals surface area contributed by atoms with E-state index in [-0.39, 0.29) is 11.7 Å². The predicted octanol–water partition coefficient (Wildman–Crippen LogP) is 4.14. The van der Waals surface area contributed by atoms with E-state index in [1.807, 2.05) is 43.3 Å². The Hall–Kier alpha value is -4.00. The number of rotatable bonds is 9. The lowest BCUT2D eigenvalue weighted by Gasteiger charge is -2.08. The second kappa shape index (κ2) is 10.7. The number of phenols is 1. The van der Waals surface area contributed by atoms with Crippen LogP contribution in [0.25, 0.3) is 0 Å². The summed E-state index contributed by atoms with van der Waals surface area (Å²) in [6.07, 6.45) is 1.47. The number of carbonyl (C=O) groups is 1. The normalized spacial score (nSPS) is 10.6. The minimum Gasteiger partial charge on any atom is -0.504 e. The molecule has 3 aromatic carbocycles. The molecule has 0 radical (unpaired) electrons. The summed E-state index contributed by atoms with van der Waals surface area (Å²) >= 11 is 0. The summed E-state index contributed by atoms with van der Waals surface area (Å²) in [7, 11) is 1.46. The van der Waals surface area contributed by atoms with Crippen molar-refractivity contribution in [2.45, 2.75) is 13.5 Å². The third-order valence-corrected chi connectivity index (χ3v) is 4.34. The molecule has 0 fully saturated rings. The van der Waals surface area contributed by atoms with Crippen LogP contribution in [-0.4, -0.2) is 30.9 Å². The molecule has 1 amide bonds. The first kappa shape index (κ1) is 21.7. The number of hydrazone groups is 1. The molecule has 0 heterocycles. The minimum atomic E-state index is -0.332. The van der Waals surface area contributed by atoms with E-state index in [0.717, 1.165) is 17.1 Å². The summed E-state index contributed by atoms with van der Waals surface area (Å²) in [5.74, 6) is 1.58. The predicted molar refractivity (Wildman–Crippen MR) is 118 cm³/mol. The maximum absolute atomic E-state index is 12.3. The Balaban J connectivity index is 1.51. The van der Waals surface area contributed by atoms with Crippen LogP contribution < -0.4 is 19.6 Å². The van der Waals surface area contributed by atoms with Gasteiger partial charge in [-0.05, 0) is 72.6 Å². The second-order valence-electron chi connectivity index (χ2n) is 6.52. The first-order chi connectivity index (χ1) is 15.1. The highest BCUT2D eigenvalue weighted by Gasteiger charge is 2.05. The quantitative estimate of drug-likeness (QED) is 0.401. The van der Waals surface area contributed by atoms with Crippen LogP contribution in [0.1, 0.15) is 28.4 Å². The molecule has 0 aliphatic carbocycles. The molecule has 0 saturated heterocycles. The number of methoxy groups -OCH3 is 1. The summed E-state index contributed by atoms with van der Waals surface area (Å²) in [6, 6.07) is 19.3. The highest BCUT2D eigenvalue weighted by atomic mass is 16.5. The van der Waals surface area contributed by atoms with E-state index >= 15 is 0 Å². The third kappa shape index (κ3) is 6.24. The van der Waals surface area contributed by atoms with Crippen LogP contribution in [0.3, 0.4) is 0 Å². The molecule has 0 spiro atoms. The van der Waals surface area contributed by atoms with Gasteiger partial charge in [0.1, 0.15) is 18.1 Å². The zero-order chi connectivity index (χ0) is 22.1. The van der Waals surface area contributed by atoms with E-state index in [1.165, 1.54) is 19.4 Å². The number of nitrogens with zero attached hydrogens (tertiary/aromatic N) is 1. The molecule has 7 heteroatoms. The van der Waals surface area contributed by atoms with Crippen molar-refractivity contribution < 1.29 is 24.1 Å². The number of carbonyl (C=O) groups excluding carboxylic acids is 1. The summed E-state index contributed by atoms with van der Waals surface area (Å²) < 4.78 is 16.2. The zero-order valence-corrected chi connectivity index (χ0v) is 17.4. The van der Waals surface area contributed by atoms with Gasteiger partial charge in [-0.15, -0.1) is 0 Å². The maximum atomic E-state index is 12.3. The average Bonchev–Trinajstić information content (AvgIpc) is 2.80. The average molecular weight is 420 g/mol. The van der Waals surface area contributed by atoms with Crippen molar-refractivity contribution in [3.8, 4) is 23.0 Å². The van der Waals surface area contributed by atoms with E-state index in [0.29, 0.717) is 30.1 Å². The van der Waals surface area contributed by atoms with Crippen LogP contribution in [0.2, 0.25) is 0 Å². The number of amides is 1. The second-order valence-corrected chi connectivity index (χ2v) is 6.52. The Morgan fingerprint density at radius 3 is 2.32 bits per heavy atom. The number of hydrogen-bond acceptors (Lipinski definition) is 6. The fraction of sp³-hybridized carbons (Fsp3) is 0.167. The number of ether oxygens (including phenoxy) is 3. The third-order valence-electron chi connectivity index (χ3n) is 4.34. The van der Waals surface area contributed by atoms with Crippen LogP contribution in [0.5, 0.6) is 23.0 Å². The number of aromatic hydroxyl groups is 1. The Bertz CT molecular complexity index is 1030. The molecule has 0 saturated carbocycles.